The van der Waals surface area contributed by atoms with Gasteiger partial charge in [-0.1, -0.05) is 12.2 Å². The van der Waals surface area contributed by atoms with Gasteiger partial charge in [-0.05, 0) is 62.0 Å². The Morgan fingerprint density at radius 3 is 1.69 bits per heavy atom. The Labute approximate surface area is 120 Å². The summed E-state index contributed by atoms with van der Waals surface area (Å²) in [5, 5.41) is 1.42. The van der Waals surface area contributed by atoms with Gasteiger partial charge in [0.2, 0.25) is 0 Å². The first-order valence-electron chi connectivity index (χ1n) is 5.91. The molecule has 0 unspecified atom stereocenters. The third-order valence-electron chi connectivity index (χ3n) is 3.29. The van der Waals surface area contributed by atoms with Gasteiger partial charge in [-0.15, -0.1) is 0 Å². The molecule has 2 nitrogen and oxygen atoms in total. The molecule has 0 aliphatic heterocycles. The van der Waals surface area contributed by atoms with E-state index < -0.39 is 7.37 Å². The molecule has 2 aliphatic rings. The third kappa shape index (κ3) is 3.34. The maximum absolute atomic E-state index is 12.2. The van der Waals surface area contributed by atoms with Gasteiger partial charge in [-0.25, -0.2) is 0 Å². The van der Waals surface area contributed by atoms with Crippen molar-refractivity contribution in [1.29, 1.82) is 0 Å². The van der Waals surface area contributed by atoms with E-state index in [1.54, 1.807) is 0 Å². The van der Waals surface area contributed by atoms with Crippen LogP contribution in [0.25, 0.3) is 0 Å². The van der Waals surface area contributed by atoms with Gasteiger partial charge in [0.15, 0.2) is 0 Å². The topological polar surface area (TPSA) is 40.1 Å². The summed E-state index contributed by atoms with van der Waals surface area (Å²) in [7, 11) is -3.37. The van der Waals surface area contributed by atoms with Crippen LogP contribution in [0, 0.1) is 0 Å². The van der Waals surface area contributed by atoms with Gasteiger partial charge in [0.25, 0.3) is 0 Å². The minimum atomic E-state index is -3.37. The standard InChI is InChI=1S/C12H19O2P.Na/c13-15(14,11-7-3-1-4-8-11)12-9-5-2-6-10-12;/h7,9H,1-6,8,10H2,(H,13,14);/q;+1/p-1. The normalized spacial score (nSPS) is 21.8. The Morgan fingerprint density at radius 1 is 0.938 bits per heavy atom. The van der Waals surface area contributed by atoms with Crippen molar-refractivity contribution >= 4 is 7.37 Å². The van der Waals surface area contributed by atoms with Gasteiger partial charge in [0.05, 0.1) is 7.37 Å². The van der Waals surface area contributed by atoms with Crippen molar-refractivity contribution in [2.45, 2.75) is 51.4 Å². The number of hydrogen-bond donors (Lipinski definition) is 0. The molecule has 0 N–H and O–H groups in total. The SMILES string of the molecule is O=P([O-])(C1=CCCCC1)C1=CCCCC1.[Na+]. The first-order valence-corrected chi connectivity index (χ1v) is 7.54. The van der Waals surface area contributed by atoms with Gasteiger partial charge in [-0.2, -0.15) is 0 Å². The van der Waals surface area contributed by atoms with Crippen LogP contribution in [0.5, 0.6) is 0 Å². The fraction of sp³-hybridized carbons (Fsp3) is 0.667. The van der Waals surface area contributed by atoms with Crippen molar-refractivity contribution in [3.8, 4) is 0 Å². The van der Waals surface area contributed by atoms with Gasteiger partial charge in [0.1, 0.15) is 0 Å². The Hall–Kier alpha value is 0.670. The number of hydrogen-bond acceptors (Lipinski definition) is 2. The molecule has 4 heteroatoms. The van der Waals surface area contributed by atoms with Gasteiger partial charge >= 0.3 is 29.6 Å². The number of allylic oxidation sites excluding steroid dienone is 4. The molecule has 0 amide bonds. The second-order valence-electron chi connectivity index (χ2n) is 4.43. The Balaban J connectivity index is 0.00000128. The van der Waals surface area contributed by atoms with Crippen molar-refractivity contribution in [2.75, 3.05) is 0 Å². The van der Waals surface area contributed by atoms with Gasteiger partial charge in [0, 0.05) is 0 Å². The summed E-state index contributed by atoms with van der Waals surface area (Å²) < 4.78 is 12.2. The van der Waals surface area contributed by atoms with E-state index in [1.165, 1.54) is 0 Å². The summed E-state index contributed by atoms with van der Waals surface area (Å²) >= 11 is 0. The molecule has 0 aromatic heterocycles. The summed E-state index contributed by atoms with van der Waals surface area (Å²) in [6.07, 6.45) is 11.6. The summed E-state index contributed by atoms with van der Waals surface area (Å²) in [5.41, 5.74) is 0. The summed E-state index contributed by atoms with van der Waals surface area (Å²) in [4.78, 5) is 12.2. The van der Waals surface area contributed by atoms with E-state index in [9.17, 15) is 9.46 Å². The summed E-state index contributed by atoms with van der Waals surface area (Å²) in [6.45, 7) is 0. The van der Waals surface area contributed by atoms with E-state index in [0.717, 1.165) is 51.4 Å². The predicted octanol–water partition coefficient (Wildman–Crippen LogP) is 0.545. The largest absolute Gasteiger partial charge is 1.00 e. The molecule has 0 heterocycles. The van der Waals surface area contributed by atoms with Crippen LogP contribution in [0.3, 0.4) is 0 Å². The summed E-state index contributed by atoms with van der Waals surface area (Å²) in [6, 6.07) is 0. The summed E-state index contributed by atoms with van der Waals surface area (Å²) in [5.74, 6) is 0. The van der Waals surface area contributed by atoms with Crippen LogP contribution in [-0.4, -0.2) is 0 Å². The Morgan fingerprint density at radius 2 is 1.38 bits per heavy atom. The van der Waals surface area contributed by atoms with Crippen molar-refractivity contribution in [1.82, 2.24) is 0 Å². The Bertz CT molecular complexity index is 317. The van der Waals surface area contributed by atoms with Crippen molar-refractivity contribution in [3.05, 3.63) is 22.8 Å². The molecule has 0 saturated heterocycles. The molecule has 0 radical (unpaired) electrons. The van der Waals surface area contributed by atoms with Crippen LogP contribution in [0.4, 0.5) is 0 Å². The molecule has 0 aromatic rings. The second-order valence-corrected chi connectivity index (χ2v) is 6.69. The van der Waals surface area contributed by atoms with E-state index in [-0.39, 0.29) is 29.6 Å². The zero-order valence-corrected chi connectivity index (χ0v) is 13.0. The molecule has 0 atom stereocenters. The Kier molecular flexibility index (Phi) is 6.04. The van der Waals surface area contributed by atoms with Crippen molar-refractivity contribution < 1.29 is 39.0 Å². The molecule has 16 heavy (non-hydrogen) atoms. The predicted molar refractivity (Wildman–Crippen MR) is 60.7 cm³/mol. The third-order valence-corrected chi connectivity index (χ3v) is 5.62. The van der Waals surface area contributed by atoms with E-state index in [4.69, 9.17) is 0 Å². The monoisotopic (exact) mass is 248 g/mol. The van der Waals surface area contributed by atoms with Crippen LogP contribution in [-0.2, 0) is 4.57 Å². The molecule has 2 rings (SSSR count). The van der Waals surface area contributed by atoms with Crippen LogP contribution in [0.1, 0.15) is 51.4 Å². The molecule has 0 aromatic carbocycles. The molecular formula is C12H18NaO2P. The van der Waals surface area contributed by atoms with E-state index in [2.05, 4.69) is 0 Å². The quantitative estimate of drug-likeness (QED) is 0.528. The van der Waals surface area contributed by atoms with Gasteiger partial charge < -0.3 is 9.46 Å². The maximum Gasteiger partial charge on any atom is 1.00 e. The van der Waals surface area contributed by atoms with E-state index in [0.29, 0.717) is 10.6 Å². The smallest absolute Gasteiger partial charge is 0.793 e. The average Bonchev–Trinajstić information content (AvgIpc) is 2.31. The zero-order chi connectivity index (χ0) is 10.7. The fourth-order valence-corrected chi connectivity index (χ4v) is 4.37. The van der Waals surface area contributed by atoms with Crippen LogP contribution in [0.15, 0.2) is 22.8 Å². The maximum atomic E-state index is 12.2. The molecule has 84 valence electrons. The van der Waals surface area contributed by atoms with Crippen LogP contribution < -0.4 is 34.5 Å². The molecule has 0 spiro atoms. The number of rotatable bonds is 2. The average molecular weight is 248 g/mol. The van der Waals surface area contributed by atoms with Crippen LogP contribution in [0.2, 0.25) is 0 Å². The van der Waals surface area contributed by atoms with Crippen molar-refractivity contribution in [2.24, 2.45) is 0 Å². The minimum absolute atomic E-state index is 0. The zero-order valence-electron chi connectivity index (χ0n) is 10.1. The van der Waals surface area contributed by atoms with E-state index in [1.807, 2.05) is 12.2 Å². The molecule has 2 aliphatic carbocycles. The van der Waals surface area contributed by atoms with Crippen LogP contribution >= 0.6 is 7.37 Å². The molecule has 0 bridgehead atoms. The fourth-order valence-electron chi connectivity index (χ4n) is 2.36. The minimum Gasteiger partial charge on any atom is -0.793 e. The first-order chi connectivity index (χ1) is 7.21. The first kappa shape index (κ1) is 14.7. The molecule has 0 saturated carbocycles. The van der Waals surface area contributed by atoms with Crippen molar-refractivity contribution in [3.63, 3.8) is 0 Å². The second kappa shape index (κ2) is 6.56. The van der Waals surface area contributed by atoms with Gasteiger partial charge in [-0.3, -0.25) is 0 Å². The molecular weight excluding hydrogens is 230 g/mol. The van der Waals surface area contributed by atoms with E-state index >= 15 is 0 Å². The molecule has 0 fully saturated rings.